The van der Waals surface area contributed by atoms with E-state index in [0.717, 1.165) is 48.7 Å². The van der Waals surface area contributed by atoms with Gasteiger partial charge in [-0.25, -0.2) is 4.98 Å². The second-order valence-electron chi connectivity index (χ2n) is 18.4. The molecule has 4 heteroatoms. The number of aromatic hydroxyl groups is 1. The Kier molecular flexibility index (Phi) is 9.88. The van der Waals surface area contributed by atoms with Gasteiger partial charge in [0.05, 0.1) is 15.9 Å². The molecule has 0 aliphatic rings. The van der Waals surface area contributed by atoms with Gasteiger partial charge in [0.15, 0.2) is 0 Å². The minimum Gasteiger partial charge on any atom is -0.507 e. The number of hydrogen-bond donors (Lipinski definition) is 1. The first-order valence-corrected chi connectivity index (χ1v) is 20.3. The highest BCUT2D eigenvalue weighted by molar-refractivity contribution is 7.21. The summed E-state index contributed by atoms with van der Waals surface area (Å²) in [5, 5.41) is 14.8. The van der Waals surface area contributed by atoms with Crippen LogP contribution in [0, 0.1) is 0 Å². The lowest BCUT2D eigenvalue weighted by molar-refractivity contribution is 0.444. The molecule has 280 valence electrons. The fourth-order valence-electron chi connectivity index (χ4n) is 7.12. The van der Waals surface area contributed by atoms with Crippen molar-refractivity contribution in [2.75, 3.05) is 0 Å². The molecule has 0 saturated heterocycles. The average Bonchev–Trinajstić information content (AvgIpc) is 3.57. The molecule has 1 N–H and O–H groups in total. The number of thiazole rings is 1. The summed E-state index contributed by atoms with van der Waals surface area (Å²) in [7, 11) is 0. The standard InChI is InChI=1S/C51H54N2OS/c1-31(2)32-16-18-33(19-17-32)34-20-21-36-25-37(23-22-35(36)24-34)42-27-40(50(6,7)8)29-45-46(42)53-48(55-45)41-14-12-13-15-44(41)52-30-38-26-39(49(3,4)5)28-43(47(38)54)51(9,10)11/h12-31,54H,1-11H3. The van der Waals surface area contributed by atoms with E-state index >= 15 is 0 Å². The maximum Gasteiger partial charge on any atom is 0.128 e. The summed E-state index contributed by atoms with van der Waals surface area (Å²) in [5.74, 6) is 0.803. The van der Waals surface area contributed by atoms with Crippen LogP contribution in [0.25, 0.3) is 53.8 Å². The van der Waals surface area contributed by atoms with Crippen molar-refractivity contribution in [3.8, 4) is 38.6 Å². The lowest BCUT2D eigenvalue weighted by Gasteiger charge is -2.27. The zero-order valence-electron chi connectivity index (χ0n) is 34.3. The van der Waals surface area contributed by atoms with Gasteiger partial charge >= 0.3 is 0 Å². The van der Waals surface area contributed by atoms with E-state index in [9.17, 15) is 5.11 Å². The molecule has 0 fully saturated rings. The molecular formula is C51H54N2OS. The molecule has 0 aliphatic carbocycles. The lowest BCUT2D eigenvalue weighted by Crippen LogP contribution is -2.17. The van der Waals surface area contributed by atoms with Gasteiger partial charge in [0.1, 0.15) is 10.8 Å². The number of aromatic nitrogens is 1. The summed E-state index contributed by atoms with van der Waals surface area (Å²) in [5.41, 5.74) is 12.7. The first kappa shape index (κ1) is 38.2. The van der Waals surface area contributed by atoms with E-state index < -0.39 is 0 Å². The summed E-state index contributed by atoms with van der Waals surface area (Å²) < 4.78 is 1.15. The van der Waals surface area contributed by atoms with Gasteiger partial charge in [0.2, 0.25) is 0 Å². The number of hydrogen-bond acceptors (Lipinski definition) is 4. The molecule has 1 aromatic heterocycles. The summed E-state index contributed by atoms with van der Waals surface area (Å²) in [4.78, 5) is 10.4. The number of fused-ring (bicyclic) bond motifs is 2. The predicted octanol–water partition coefficient (Wildman–Crippen LogP) is 14.9. The first-order valence-electron chi connectivity index (χ1n) is 19.5. The van der Waals surface area contributed by atoms with Crippen molar-refractivity contribution < 1.29 is 5.11 Å². The SMILES string of the molecule is CC(C)c1ccc(-c2ccc3cc(-c4cc(C(C)(C)C)cc5sc(-c6ccccc6N=Cc6cc(C(C)(C)C)cc(C(C)(C)C)c6O)nc45)ccc3c2)cc1. The molecule has 1 heterocycles. The van der Waals surface area contributed by atoms with Crippen LogP contribution in [-0.2, 0) is 16.2 Å². The third-order valence-corrected chi connectivity index (χ3v) is 11.7. The number of aliphatic imine (C=N–C) groups is 1. The van der Waals surface area contributed by atoms with Crippen LogP contribution in [0.5, 0.6) is 5.75 Å². The third-order valence-electron chi connectivity index (χ3n) is 10.7. The van der Waals surface area contributed by atoms with Crippen LogP contribution >= 0.6 is 11.3 Å². The van der Waals surface area contributed by atoms with Gasteiger partial charge in [-0.05, 0) is 109 Å². The van der Waals surface area contributed by atoms with Crippen LogP contribution in [0.1, 0.15) is 110 Å². The summed E-state index contributed by atoms with van der Waals surface area (Å²) >= 11 is 1.71. The highest BCUT2D eigenvalue weighted by Crippen LogP contribution is 2.43. The summed E-state index contributed by atoms with van der Waals surface area (Å²) in [6.45, 7) is 24.3. The van der Waals surface area contributed by atoms with E-state index in [1.807, 2.05) is 24.4 Å². The maximum absolute atomic E-state index is 11.5. The van der Waals surface area contributed by atoms with Gasteiger partial charge < -0.3 is 5.11 Å². The number of para-hydroxylation sites is 1. The van der Waals surface area contributed by atoms with Gasteiger partial charge in [-0.1, -0.05) is 143 Å². The van der Waals surface area contributed by atoms with E-state index in [2.05, 4.69) is 167 Å². The second-order valence-corrected chi connectivity index (χ2v) is 19.5. The van der Waals surface area contributed by atoms with Gasteiger partial charge in [0, 0.05) is 28.5 Å². The Bertz CT molecular complexity index is 2570. The van der Waals surface area contributed by atoms with Gasteiger partial charge in [-0.2, -0.15) is 0 Å². The Labute approximate surface area is 331 Å². The minimum atomic E-state index is -0.218. The van der Waals surface area contributed by atoms with Gasteiger partial charge in [-0.3, -0.25) is 4.99 Å². The van der Waals surface area contributed by atoms with E-state index in [-0.39, 0.29) is 22.0 Å². The Morgan fingerprint density at radius 2 is 1.22 bits per heavy atom. The Hall–Kier alpha value is -5.06. The monoisotopic (exact) mass is 742 g/mol. The topological polar surface area (TPSA) is 45.5 Å². The normalized spacial score (nSPS) is 12.8. The molecule has 7 aromatic rings. The minimum absolute atomic E-state index is 0.0400. The molecule has 7 rings (SSSR count). The third kappa shape index (κ3) is 7.89. The molecule has 3 nitrogen and oxygen atoms in total. The van der Waals surface area contributed by atoms with Crippen molar-refractivity contribution in [3.63, 3.8) is 0 Å². The molecule has 0 unspecified atom stereocenters. The van der Waals surface area contributed by atoms with Crippen molar-refractivity contribution in [3.05, 3.63) is 137 Å². The van der Waals surface area contributed by atoms with E-state index in [1.54, 1.807) is 11.3 Å². The first-order chi connectivity index (χ1) is 25.9. The number of benzene rings is 6. The number of nitrogens with zero attached hydrogens (tertiary/aromatic N) is 2. The fourth-order valence-corrected chi connectivity index (χ4v) is 8.18. The zero-order chi connectivity index (χ0) is 39.4. The fraction of sp³-hybridized carbons (Fsp3) is 0.294. The van der Waals surface area contributed by atoms with Gasteiger partial charge in [-0.15, -0.1) is 11.3 Å². The van der Waals surface area contributed by atoms with E-state index in [4.69, 9.17) is 9.98 Å². The molecule has 0 saturated carbocycles. The number of phenols is 1. The summed E-state index contributed by atoms with van der Waals surface area (Å²) in [6.07, 6.45) is 1.82. The van der Waals surface area contributed by atoms with Crippen LogP contribution in [0.3, 0.4) is 0 Å². The molecule has 0 radical (unpaired) electrons. The smallest absolute Gasteiger partial charge is 0.128 e. The second kappa shape index (κ2) is 14.2. The Morgan fingerprint density at radius 1 is 0.618 bits per heavy atom. The molecule has 0 bridgehead atoms. The van der Waals surface area contributed by atoms with Crippen LogP contribution in [0.15, 0.2) is 114 Å². The molecular weight excluding hydrogens is 689 g/mol. The molecule has 0 aliphatic heterocycles. The van der Waals surface area contributed by atoms with Gasteiger partial charge in [0.25, 0.3) is 0 Å². The van der Waals surface area contributed by atoms with Crippen molar-refractivity contribution in [2.45, 2.75) is 98.3 Å². The lowest BCUT2D eigenvalue weighted by atomic mass is 9.79. The van der Waals surface area contributed by atoms with Crippen molar-refractivity contribution in [1.29, 1.82) is 0 Å². The highest BCUT2D eigenvalue weighted by atomic mass is 32.1. The zero-order valence-corrected chi connectivity index (χ0v) is 35.1. The van der Waals surface area contributed by atoms with Crippen LogP contribution < -0.4 is 0 Å². The molecule has 0 spiro atoms. The summed E-state index contributed by atoms with van der Waals surface area (Å²) in [6, 6.07) is 39.6. The highest BCUT2D eigenvalue weighted by Gasteiger charge is 2.25. The molecule has 6 aromatic carbocycles. The average molecular weight is 743 g/mol. The van der Waals surface area contributed by atoms with Crippen molar-refractivity contribution in [1.82, 2.24) is 4.98 Å². The van der Waals surface area contributed by atoms with Crippen LogP contribution in [0.2, 0.25) is 0 Å². The molecule has 0 atom stereocenters. The number of phenolic OH excluding ortho intramolecular Hbond substituents is 1. The largest absolute Gasteiger partial charge is 0.507 e. The van der Waals surface area contributed by atoms with Crippen molar-refractivity contribution in [2.24, 2.45) is 4.99 Å². The van der Waals surface area contributed by atoms with Crippen LogP contribution in [0.4, 0.5) is 5.69 Å². The Morgan fingerprint density at radius 3 is 1.85 bits per heavy atom. The molecule has 55 heavy (non-hydrogen) atoms. The predicted molar refractivity (Wildman–Crippen MR) is 239 cm³/mol. The van der Waals surface area contributed by atoms with Crippen molar-refractivity contribution >= 4 is 44.2 Å². The Balaban J connectivity index is 1.30. The van der Waals surface area contributed by atoms with E-state index in [1.165, 1.54) is 38.6 Å². The maximum atomic E-state index is 11.5. The number of rotatable bonds is 6. The quantitative estimate of drug-likeness (QED) is 0.172. The van der Waals surface area contributed by atoms with Crippen LogP contribution in [-0.4, -0.2) is 16.3 Å². The van der Waals surface area contributed by atoms with E-state index in [0.29, 0.717) is 5.92 Å². The molecule has 0 amide bonds.